The number of amidine groups is 1. The van der Waals surface area contributed by atoms with E-state index >= 15 is 0 Å². The lowest BCUT2D eigenvalue weighted by Gasteiger charge is -2.20. The molecule has 2 rings (SSSR count). The van der Waals surface area contributed by atoms with Crippen LogP contribution in [0.2, 0.25) is 0 Å². The summed E-state index contributed by atoms with van der Waals surface area (Å²) >= 11 is 2.39. The molecule has 11 heavy (non-hydrogen) atoms. The molecule has 0 N–H and O–H groups in total. The van der Waals surface area contributed by atoms with E-state index in [1.807, 2.05) is 6.20 Å². The minimum atomic E-state index is 0.375. The molecular formula is C7H8IN3. The van der Waals surface area contributed by atoms with E-state index in [0.717, 1.165) is 5.84 Å². The molecule has 4 heteroatoms. The molecule has 0 bridgehead atoms. The normalized spacial score (nSPS) is 34.0. The van der Waals surface area contributed by atoms with Crippen LogP contribution in [0.5, 0.6) is 0 Å². The molecule has 2 aliphatic rings. The third-order valence-corrected chi connectivity index (χ3v) is 3.41. The van der Waals surface area contributed by atoms with Crippen LogP contribution in [0.1, 0.15) is 6.92 Å². The summed E-state index contributed by atoms with van der Waals surface area (Å²) in [5, 5.41) is 0. The van der Waals surface area contributed by atoms with Crippen molar-refractivity contribution in [2.24, 2.45) is 9.98 Å². The van der Waals surface area contributed by atoms with Gasteiger partial charge < -0.3 is 4.90 Å². The molecule has 0 saturated carbocycles. The maximum atomic E-state index is 4.43. The maximum absolute atomic E-state index is 4.43. The molecule has 0 aliphatic carbocycles. The third kappa shape index (κ3) is 1.09. The molecule has 58 valence electrons. The molecule has 3 nitrogen and oxygen atoms in total. The van der Waals surface area contributed by atoms with Gasteiger partial charge in [-0.1, -0.05) is 22.6 Å². The van der Waals surface area contributed by atoms with Crippen LogP contribution in [0.3, 0.4) is 0 Å². The Bertz CT molecular complexity index is 256. The molecule has 2 aliphatic heterocycles. The highest BCUT2D eigenvalue weighted by Crippen LogP contribution is 2.23. The van der Waals surface area contributed by atoms with Crippen molar-refractivity contribution in [2.75, 3.05) is 0 Å². The van der Waals surface area contributed by atoms with Crippen LogP contribution in [0, 0.1) is 0 Å². The van der Waals surface area contributed by atoms with Crippen molar-refractivity contribution in [2.45, 2.75) is 17.0 Å². The number of hydrogen-bond acceptors (Lipinski definition) is 3. The predicted molar refractivity (Wildman–Crippen MR) is 54.2 cm³/mol. The first-order valence-corrected chi connectivity index (χ1v) is 4.73. The van der Waals surface area contributed by atoms with Crippen LogP contribution < -0.4 is 0 Å². The van der Waals surface area contributed by atoms with Gasteiger partial charge in [-0.05, 0) is 6.92 Å². The first kappa shape index (κ1) is 7.27. The number of fused-ring (bicyclic) bond motifs is 1. The number of rotatable bonds is 0. The topological polar surface area (TPSA) is 28.0 Å². The van der Waals surface area contributed by atoms with Gasteiger partial charge >= 0.3 is 0 Å². The molecule has 0 saturated heterocycles. The monoisotopic (exact) mass is 261 g/mol. The zero-order valence-corrected chi connectivity index (χ0v) is 8.26. The van der Waals surface area contributed by atoms with Crippen molar-refractivity contribution < 1.29 is 0 Å². The Morgan fingerprint density at radius 1 is 1.64 bits per heavy atom. The number of aliphatic imine (C=N–C) groups is 2. The average Bonchev–Trinajstić information content (AvgIpc) is 2.30. The van der Waals surface area contributed by atoms with Gasteiger partial charge in [0, 0.05) is 12.4 Å². The Labute approximate surface area is 79.0 Å². The maximum Gasteiger partial charge on any atom is 0.147 e. The van der Waals surface area contributed by atoms with Gasteiger partial charge in [0.2, 0.25) is 0 Å². The van der Waals surface area contributed by atoms with Gasteiger partial charge in [-0.15, -0.1) is 0 Å². The quantitative estimate of drug-likeness (QED) is 0.368. The minimum Gasteiger partial charge on any atom is -0.316 e. The molecule has 0 aromatic heterocycles. The Hall–Kier alpha value is -0.390. The fourth-order valence-corrected chi connectivity index (χ4v) is 1.81. The van der Waals surface area contributed by atoms with E-state index in [0.29, 0.717) is 10.1 Å². The highest BCUT2D eigenvalue weighted by atomic mass is 127. The number of halogens is 1. The van der Waals surface area contributed by atoms with Crippen LogP contribution >= 0.6 is 22.6 Å². The second kappa shape index (κ2) is 2.58. The number of alkyl halides is 1. The van der Waals surface area contributed by atoms with Crippen molar-refractivity contribution in [3.63, 3.8) is 0 Å². The van der Waals surface area contributed by atoms with Gasteiger partial charge in [-0.25, -0.2) is 0 Å². The van der Waals surface area contributed by atoms with Crippen LogP contribution in [0.25, 0.3) is 0 Å². The fourth-order valence-electron chi connectivity index (χ4n) is 1.17. The second-order valence-corrected chi connectivity index (χ2v) is 3.86. The van der Waals surface area contributed by atoms with Crippen LogP contribution in [0.4, 0.5) is 0 Å². The summed E-state index contributed by atoms with van der Waals surface area (Å²) in [6.45, 7) is 2.12. The summed E-state index contributed by atoms with van der Waals surface area (Å²) in [5.74, 6) is 0.986. The molecule has 0 aromatic rings. The average molecular weight is 261 g/mol. The molecule has 2 heterocycles. The standard InChI is InChI=1S/C7H8IN3/c1-5-7(8)11-3-2-9-4-6(11)10-5/h2-5,7H,1H3. The molecule has 0 spiro atoms. The zero-order valence-electron chi connectivity index (χ0n) is 6.11. The van der Waals surface area contributed by atoms with Crippen molar-refractivity contribution >= 4 is 34.6 Å². The van der Waals surface area contributed by atoms with Crippen molar-refractivity contribution in [3.05, 3.63) is 12.4 Å². The van der Waals surface area contributed by atoms with E-state index in [1.54, 1.807) is 12.4 Å². The number of nitrogens with zero attached hydrogens (tertiary/aromatic N) is 3. The molecule has 0 radical (unpaired) electrons. The van der Waals surface area contributed by atoms with Crippen molar-refractivity contribution in [3.8, 4) is 0 Å². The lowest BCUT2D eigenvalue weighted by Crippen LogP contribution is -2.31. The van der Waals surface area contributed by atoms with Crippen molar-refractivity contribution in [1.29, 1.82) is 0 Å². The highest BCUT2D eigenvalue weighted by molar-refractivity contribution is 14.1. The summed E-state index contributed by atoms with van der Waals surface area (Å²) in [5.41, 5.74) is 0. The van der Waals surface area contributed by atoms with Gasteiger partial charge in [0.1, 0.15) is 9.88 Å². The van der Waals surface area contributed by atoms with Crippen LogP contribution in [-0.2, 0) is 0 Å². The summed E-state index contributed by atoms with van der Waals surface area (Å²) < 4.78 is 0.450. The summed E-state index contributed by atoms with van der Waals surface area (Å²) in [6.07, 6.45) is 5.57. The zero-order chi connectivity index (χ0) is 7.84. The SMILES string of the molecule is CC1N=C2C=NC=CN2C1I. The molecule has 2 atom stereocenters. The van der Waals surface area contributed by atoms with E-state index in [4.69, 9.17) is 0 Å². The Kier molecular flexibility index (Phi) is 1.71. The Morgan fingerprint density at radius 3 is 3.18 bits per heavy atom. The summed E-state index contributed by atoms with van der Waals surface area (Å²) in [6, 6.07) is 0.375. The van der Waals surface area contributed by atoms with Gasteiger partial charge in [0.15, 0.2) is 0 Å². The van der Waals surface area contributed by atoms with Crippen LogP contribution in [0.15, 0.2) is 22.4 Å². The van der Waals surface area contributed by atoms with Gasteiger partial charge in [0.25, 0.3) is 0 Å². The molecule has 2 unspecified atom stereocenters. The van der Waals surface area contributed by atoms with Crippen molar-refractivity contribution in [1.82, 2.24) is 4.90 Å². The van der Waals surface area contributed by atoms with E-state index in [1.165, 1.54) is 0 Å². The first-order chi connectivity index (χ1) is 5.29. The second-order valence-electron chi connectivity index (χ2n) is 2.58. The Balaban J connectivity index is 2.32. The minimum absolute atomic E-state index is 0.375. The lowest BCUT2D eigenvalue weighted by atomic mass is 10.4. The summed E-state index contributed by atoms with van der Waals surface area (Å²) in [7, 11) is 0. The first-order valence-electron chi connectivity index (χ1n) is 3.49. The highest BCUT2D eigenvalue weighted by Gasteiger charge is 2.29. The van der Waals surface area contributed by atoms with E-state index in [-0.39, 0.29) is 0 Å². The van der Waals surface area contributed by atoms with E-state index in [2.05, 4.69) is 44.4 Å². The third-order valence-electron chi connectivity index (χ3n) is 1.77. The molecule has 0 amide bonds. The molecular weight excluding hydrogens is 253 g/mol. The van der Waals surface area contributed by atoms with Gasteiger partial charge in [0.05, 0.1) is 12.3 Å². The fraction of sp³-hybridized carbons (Fsp3) is 0.429. The summed E-state index contributed by atoms with van der Waals surface area (Å²) in [4.78, 5) is 10.6. The predicted octanol–water partition coefficient (Wildman–Crippen LogP) is 1.41. The molecule has 0 fully saturated rings. The van der Waals surface area contributed by atoms with Gasteiger partial charge in [-0.2, -0.15) is 0 Å². The van der Waals surface area contributed by atoms with Crippen LogP contribution in [-0.4, -0.2) is 27.0 Å². The number of hydrogen-bond donors (Lipinski definition) is 0. The smallest absolute Gasteiger partial charge is 0.147 e. The van der Waals surface area contributed by atoms with Gasteiger partial charge in [-0.3, -0.25) is 9.98 Å². The van der Waals surface area contributed by atoms with E-state index in [9.17, 15) is 0 Å². The molecule has 0 aromatic carbocycles. The largest absolute Gasteiger partial charge is 0.316 e. The Morgan fingerprint density at radius 2 is 2.45 bits per heavy atom. The lowest BCUT2D eigenvalue weighted by molar-refractivity contribution is 0.535. The van der Waals surface area contributed by atoms with E-state index < -0.39 is 0 Å².